The van der Waals surface area contributed by atoms with Crippen molar-refractivity contribution in [3.05, 3.63) is 53.2 Å². The second-order valence-electron chi connectivity index (χ2n) is 7.39. The molecule has 0 saturated heterocycles. The lowest BCUT2D eigenvalue weighted by molar-refractivity contribution is -0.115. The first kappa shape index (κ1) is 23.3. The van der Waals surface area contributed by atoms with Crippen LogP contribution in [-0.4, -0.2) is 39.5 Å². The molecule has 0 radical (unpaired) electrons. The Balaban J connectivity index is 1.74. The second-order valence-corrected chi connectivity index (χ2v) is 9.47. The van der Waals surface area contributed by atoms with E-state index in [1.807, 2.05) is 13.8 Å². The Morgan fingerprint density at radius 2 is 1.75 bits per heavy atom. The number of hydrogen-bond acceptors (Lipinski definition) is 7. The molecule has 32 heavy (non-hydrogen) atoms. The van der Waals surface area contributed by atoms with Crippen molar-refractivity contribution in [2.45, 2.75) is 32.1 Å². The molecule has 0 aliphatic carbocycles. The van der Waals surface area contributed by atoms with E-state index in [9.17, 15) is 13.2 Å². The SMILES string of the molecule is COc1ccc(NC(=O)CCS(=O)(=O)c2cc(-c3onc(C)c3C)ccc2C)cc1OC. The number of aromatic nitrogens is 1. The molecule has 3 aromatic rings. The van der Waals surface area contributed by atoms with Crippen LogP contribution in [0.4, 0.5) is 5.69 Å². The zero-order chi connectivity index (χ0) is 23.5. The fourth-order valence-corrected chi connectivity index (χ4v) is 4.77. The van der Waals surface area contributed by atoms with Crippen LogP contribution >= 0.6 is 0 Å². The molecule has 1 amide bonds. The first-order valence-corrected chi connectivity index (χ1v) is 11.6. The van der Waals surface area contributed by atoms with Gasteiger partial charge in [0, 0.05) is 29.3 Å². The third-order valence-corrected chi connectivity index (χ3v) is 7.06. The summed E-state index contributed by atoms with van der Waals surface area (Å²) in [5.41, 5.74) is 3.31. The van der Waals surface area contributed by atoms with E-state index < -0.39 is 15.7 Å². The maximum atomic E-state index is 13.0. The quantitative estimate of drug-likeness (QED) is 0.542. The third-order valence-electron chi connectivity index (χ3n) is 5.21. The first-order chi connectivity index (χ1) is 15.2. The summed E-state index contributed by atoms with van der Waals surface area (Å²) in [5.74, 6) is 0.774. The van der Waals surface area contributed by atoms with Gasteiger partial charge in [0.05, 0.1) is 30.6 Å². The molecule has 9 heteroatoms. The van der Waals surface area contributed by atoms with E-state index in [0.717, 1.165) is 11.3 Å². The van der Waals surface area contributed by atoms with Crippen LogP contribution in [0.5, 0.6) is 11.5 Å². The summed E-state index contributed by atoms with van der Waals surface area (Å²) in [6.07, 6.45) is -0.194. The van der Waals surface area contributed by atoms with Crippen LogP contribution in [0.15, 0.2) is 45.8 Å². The number of benzene rings is 2. The predicted molar refractivity (Wildman–Crippen MR) is 121 cm³/mol. The number of rotatable bonds is 8. The number of anilines is 1. The highest BCUT2D eigenvalue weighted by molar-refractivity contribution is 7.91. The average Bonchev–Trinajstić information content (AvgIpc) is 3.11. The molecule has 2 aromatic carbocycles. The fraction of sp³-hybridized carbons (Fsp3) is 0.304. The Labute approximate surface area is 187 Å². The minimum absolute atomic E-state index is 0.169. The van der Waals surface area contributed by atoms with Crippen molar-refractivity contribution in [1.82, 2.24) is 5.16 Å². The molecule has 1 aromatic heterocycles. The summed E-state index contributed by atoms with van der Waals surface area (Å²) in [7, 11) is -0.695. The third kappa shape index (κ3) is 4.94. The van der Waals surface area contributed by atoms with Gasteiger partial charge >= 0.3 is 0 Å². The minimum atomic E-state index is -3.71. The van der Waals surface area contributed by atoms with Gasteiger partial charge in [-0.15, -0.1) is 0 Å². The highest BCUT2D eigenvalue weighted by Crippen LogP contribution is 2.31. The molecular formula is C23H26N2O6S. The topological polar surface area (TPSA) is 108 Å². The standard InChI is InChI=1S/C23H26N2O6S/c1-14-6-7-17(23-15(2)16(3)25-31-23)12-21(14)32(27,28)11-10-22(26)24-18-8-9-19(29-4)20(13-18)30-5/h6-9,12-13H,10-11H2,1-5H3,(H,24,26). The Morgan fingerprint density at radius 1 is 1.03 bits per heavy atom. The van der Waals surface area contributed by atoms with Gasteiger partial charge in [0.1, 0.15) is 0 Å². The van der Waals surface area contributed by atoms with Crippen LogP contribution in [0.3, 0.4) is 0 Å². The zero-order valence-electron chi connectivity index (χ0n) is 18.7. The highest BCUT2D eigenvalue weighted by Gasteiger charge is 2.21. The summed E-state index contributed by atoms with van der Waals surface area (Å²) in [6.45, 7) is 5.41. The summed E-state index contributed by atoms with van der Waals surface area (Å²) < 4.78 is 41.8. The number of aryl methyl sites for hydroxylation is 2. The molecule has 0 fully saturated rings. The van der Waals surface area contributed by atoms with Gasteiger partial charge in [-0.05, 0) is 44.5 Å². The Bertz CT molecular complexity index is 1250. The molecule has 0 spiro atoms. The van der Waals surface area contributed by atoms with Crippen molar-refractivity contribution in [3.63, 3.8) is 0 Å². The van der Waals surface area contributed by atoms with Gasteiger partial charge < -0.3 is 19.3 Å². The normalized spacial score (nSPS) is 11.3. The van der Waals surface area contributed by atoms with Crippen molar-refractivity contribution in [1.29, 1.82) is 0 Å². The van der Waals surface area contributed by atoms with Gasteiger partial charge in [0.15, 0.2) is 27.1 Å². The summed E-state index contributed by atoms with van der Waals surface area (Å²) in [6, 6.07) is 10.0. The summed E-state index contributed by atoms with van der Waals surface area (Å²) in [4.78, 5) is 12.6. The Kier molecular flexibility index (Phi) is 6.88. The van der Waals surface area contributed by atoms with Gasteiger partial charge in [-0.25, -0.2) is 8.42 Å². The molecule has 0 atom stereocenters. The monoisotopic (exact) mass is 458 g/mol. The van der Waals surface area contributed by atoms with Crippen LogP contribution < -0.4 is 14.8 Å². The number of carbonyl (C=O) groups excluding carboxylic acids is 1. The predicted octanol–water partition coefficient (Wildman–Crippen LogP) is 4.09. The smallest absolute Gasteiger partial charge is 0.225 e. The van der Waals surface area contributed by atoms with Crippen molar-refractivity contribution >= 4 is 21.4 Å². The van der Waals surface area contributed by atoms with Gasteiger partial charge in [-0.2, -0.15) is 0 Å². The van der Waals surface area contributed by atoms with Crippen LogP contribution in [-0.2, 0) is 14.6 Å². The van der Waals surface area contributed by atoms with Gasteiger partial charge in [0.25, 0.3) is 0 Å². The van der Waals surface area contributed by atoms with E-state index in [1.54, 1.807) is 43.3 Å². The average molecular weight is 459 g/mol. The lowest BCUT2D eigenvalue weighted by Crippen LogP contribution is -2.18. The molecule has 1 N–H and O–H groups in total. The van der Waals surface area contributed by atoms with E-state index in [2.05, 4.69) is 10.5 Å². The zero-order valence-corrected chi connectivity index (χ0v) is 19.5. The molecule has 3 rings (SSSR count). The lowest BCUT2D eigenvalue weighted by Gasteiger charge is -2.12. The molecule has 0 saturated carbocycles. The van der Waals surface area contributed by atoms with Crippen molar-refractivity contribution < 1.29 is 27.2 Å². The molecule has 0 aliphatic heterocycles. The molecule has 0 aliphatic rings. The number of methoxy groups -OCH3 is 2. The van der Waals surface area contributed by atoms with E-state index in [4.69, 9.17) is 14.0 Å². The van der Waals surface area contributed by atoms with Crippen LogP contribution in [0.25, 0.3) is 11.3 Å². The van der Waals surface area contributed by atoms with Crippen LogP contribution in [0.1, 0.15) is 23.2 Å². The fourth-order valence-electron chi connectivity index (χ4n) is 3.24. The number of hydrogen-bond donors (Lipinski definition) is 1. The summed E-state index contributed by atoms with van der Waals surface area (Å²) >= 11 is 0. The Hall–Kier alpha value is -3.33. The number of nitrogens with one attached hydrogen (secondary N) is 1. The molecular weight excluding hydrogens is 432 g/mol. The van der Waals surface area contributed by atoms with E-state index >= 15 is 0 Å². The molecule has 170 valence electrons. The number of ether oxygens (including phenoxy) is 2. The maximum Gasteiger partial charge on any atom is 0.225 e. The minimum Gasteiger partial charge on any atom is -0.493 e. The maximum absolute atomic E-state index is 13.0. The molecule has 8 nitrogen and oxygen atoms in total. The molecule has 0 unspecified atom stereocenters. The van der Waals surface area contributed by atoms with Crippen molar-refractivity contribution in [2.24, 2.45) is 0 Å². The summed E-state index contributed by atoms with van der Waals surface area (Å²) in [5, 5.41) is 6.63. The molecule has 1 heterocycles. The largest absolute Gasteiger partial charge is 0.493 e. The van der Waals surface area contributed by atoms with E-state index in [-0.39, 0.29) is 17.1 Å². The molecule has 0 bridgehead atoms. The second kappa shape index (κ2) is 9.44. The van der Waals surface area contributed by atoms with Crippen LogP contribution in [0, 0.1) is 20.8 Å². The van der Waals surface area contributed by atoms with Gasteiger partial charge in [-0.3, -0.25) is 4.79 Å². The van der Waals surface area contributed by atoms with Gasteiger partial charge in [-0.1, -0.05) is 17.3 Å². The number of sulfone groups is 1. The van der Waals surface area contributed by atoms with Gasteiger partial charge in [0.2, 0.25) is 5.91 Å². The number of amides is 1. The van der Waals surface area contributed by atoms with E-state index in [0.29, 0.717) is 34.1 Å². The highest BCUT2D eigenvalue weighted by atomic mass is 32.2. The van der Waals surface area contributed by atoms with Crippen molar-refractivity contribution in [3.8, 4) is 22.8 Å². The number of nitrogens with zero attached hydrogens (tertiary/aromatic N) is 1. The lowest BCUT2D eigenvalue weighted by atomic mass is 10.1. The number of carbonyl (C=O) groups is 1. The van der Waals surface area contributed by atoms with Crippen LogP contribution in [0.2, 0.25) is 0 Å². The first-order valence-electron chi connectivity index (χ1n) is 9.94. The Morgan fingerprint density at radius 3 is 2.38 bits per heavy atom. The van der Waals surface area contributed by atoms with E-state index in [1.165, 1.54) is 14.2 Å². The van der Waals surface area contributed by atoms with Crippen molar-refractivity contribution in [2.75, 3.05) is 25.3 Å².